The molecule has 0 bridgehead atoms. The lowest BCUT2D eigenvalue weighted by Gasteiger charge is -2.24. The second kappa shape index (κ2) is 13.4. The number of hydrogen-bond donors (Lipinski definition) is 2. The van der Waals surface area contributed by atoms with Crippen molar-refractivity contribution in [3.05, 3.63) is 94.0 Å². The fourth-order valence-corrected chi connectivity index (χ4v) is 4.94. The van der Waals surface area contributed by atoms with E-state index in [1.807, 2.05) is 18.2 Å². The van der Waals surface area contributed by atoms with Crippen LogP contribution in [0.4, 0.5) is 11.4 Å². The molecule has 1 heterocycles. The molecule has 2 N–H and O–H groups in total. The predicted octanol–water partition coefficient (Wildman–Crippen LogP) is 6.98. The Morgan fingerprint density at radius 3 is 2.39 bits per heavy atom. The van der Waals surface area contributed by atoms with Crippen LogP contribution < -0.4 is 10.6 Å². The van der Waals surface area contributed by atoms with Crippen LogP contribution in [0, 0.1) is 0 Å². The number of nitrogens with zero attached hydrogens (tertiary/aromatic N) is 1. The van der Waals surface area contributed by atoms with Crippen LogP contribution in [-0.2, 0) is 16.0 Å². The van der Waals surface area contributed by atoms with Crippen LogP contribution in [0.2, 0.25) is 10.0 Å². The molecule has 0 radical (unpaired) electrons. The summed E-state index contributed by atoms with van der Waals surface area (Å²) in [6.45, 7) is 0.484. The van der Waals surface area contributed by atoms with Gasteiger partial charge in [-0.25, -0.2) is 0 Å². The minimum absolute atomic E-state index is 0.0747. The lowest BCUT2D eigenvalue weighted by Crippen LogP contribution is -2.43. The van der Waals surface area contributed by atoms with Gasteiger partial charge in [0.25, 0.3) is 5.91 Å². The molecule has 0 saturated carbocycles. The molecule has 4 rings (SSSR count). The lowest BCUT2D eigenvalue weighted by molar-refractivity contribution is -0.119. The van der Waals surface area contributed by atoms with E-state index >= 15 is 0 Å². The first-order valence-corrected chi connectivity index (χ1v) is 13.7. The summed E-state index contributed by atoms with van der Waals surface area (Å²) in [5, 5.41) is 6.47. The van der Waals surface area contributed by atoms with Gasteiger partial charge in [-0.05, 0) is 74.1 Å². The second-order valence-electron chi connectivity index (χ2n) is 9.45. The van der Waals surface area contributed by atoms with Crippen molar-refractivity contribution in [1.29, 1.82) is 0 Å². The molecular weight excluding hydrogens is 521 g/mol. The number of rotatable bonds is 10. The van der Waals surface area contributed by atoms with Crippen molar-refractivity contribution in [1.82, 2.24) is 4.90 Å². The number of benzene rings is 3. The van der Waals surface area contributed by atoms with E-state index in [2.05, 4.69) is 22.8 Å². The normalized spacial score (nSPS) is 14.8. The van der Waals surface area contributed by atoms with Gasteiger partial charge in [0.15, 0.2) is 0 Å². The highest BCUT2D eigenvalue weighted by atomic mass is 35.5. The third kappa shape index (κ3) is 7.59. The summed E-state index contributed by atoms with van der Waals surface area (Å²) in [5.74, 6) is -0.589. The highest BCUT2D eigenvalue weighted by molar-refractivity contribution is 6.42. The van der Waals surface area contributed by atoms with Crippen molar-refractivity contribution in [2.75, 3.05) is 17.2 Å². The van der Waals surface area contributed by atoms with Gasteiger partial charge in [-0.1, -0.05) is 66.0 Å². The van der Waals surface area contributed by atoms with Crippen LogP contribution in [0.1, 0.15) is 54.4 Å². The van der Waals surface area contributed by atoms with Gasteiger partial charge in [0.1, 0.15) is 6.04 Å². The molecule has 1 saturated heterocycles. The Balaban J connectivity index is 1.28. The predicted molar refractivity (Wildman–Crippen MR) is 153 cm³/mol. The molecule has 8 heteroatoms. The van der Waals surface area contributed by atoms with E-state index in [0.717, 1.165) is 32.1 Å². The van der Waals surface area contributed by atoms with Crippen LogP contribution in [0.3, 0.4) is 0 Å². The van der Waals surface area contributed by atoms with Crippen molar-refractivity contribution >= 4 is 52.3 Å². The minimum atomic E-state index is -0.592. The van der Waals surface area contributed by atoms with Gasteiger partial charge in [-0.3, -0.25) is 14.4 Å². The fourth-order valence-electron chi connectivity index (χ4n) is 4.64. The molecule has 0 spiro atoms. The number of carbonyl (C=O) groups is 3. The number of likely N-dealkylation sites (tertiary alicyclic amines) is 1. The van der Waals surface area contributed by atoms with E-state index in [1.54, 1.807) is 47.4 Å². The Labute approximate surface area is 233 Å². The number of halogens is 2. The van der Waals surface area contributed by atoms with Gasteiger partial charge >= 0.3 is 0 Å². The quantitative estimate of drug-likeness (QED) is 0.267. The van der Waals surface area contributed by atoms with E-state index in [1.165, 1.54) is 5.56 Å². The molecular formula is C30H31Cl2N3O3. The summed E-state index contributed by atoms with van der Waals surface area (Å²) in [7, 11) is 0. The van der Waals surface area contributed by atoms with Crippen LogP contribution in [0.15, 0.2) is 72.8 Å². The molecule has 1 fully saturated rings. The zero-order valence-electron chi connectivity index (χ0n) is 21.1. The first-order valence-electron chi connectivity index (χ1n) is 12.9. The first kappa shape index (κ1) is 27.7. The number of carbonyl (C=O) groups excluding carboxylic acids is 3. The van der Waals surface area contributed by atoms with Gasteiger partial charge in [0.05, 0.1) is 10.0 Å². The van der Waals surface area contributed by atoms with Gasteiger partial charge in [0, 0.05) is 29.9 Å². The molecule has 1 aliphatic heterocycles. The fraction of sp³-hybridized carbons (Fsp3) is 0.300. The van der Waals surface area contributed by atoms with Crippen LogP contribution in [-0.4, -0.2) is 35.2 Å². The minimum Gasteiger partial charge on any atom is -0.327 e. The summed E-state index contributed by atoms with van der Waals surface area (Å²) in [5.41, 5.74) is 2.83. The number of aryl methyl sites for hydroxylation is 1. The summed E-state index contributed by atoms with van der Waals surface area (Å²) < 4.78 is 0. The third-order valence-electron chi connectivity index (χ3n) is 6.61. The molecule has 0 unspecified atom stereocenters. The number of amides is 3. The summed E-state index contributed by atoms with van der Waals surface area (Å²) in [6, 6.07) is 21.5. The number of unbranched alkanes of at least 4 members (excludes halogenated alkanes) is 2. The smallest absolute Gasteiger partial charge is 0.254 e. The van der Waals surface area contributed by atoms with E-state index in [0.29, 0.717) is 46.4 Å². The van der Waals surface area contributed by atoms with Gasteiger partial charge in [-0.2, -0.15) is 0 Å². The average Bonchev–Trinajstić information content (AvgIpc) is 3.41. The monoisotopic (exact) mass is 551 g/mol. The lowest BCUT2D eigenvalue weighted by atomic mass is 10.1. The molecule has 0 aromatic heterocycles. The standard InChI is InChI=1S/C30H31Cl2N3O3/c31-25-17-16-24(20-26(25)32)34-29(37)27-14-8-18-35(27)30(38)22-12-7-13-23(19-22)33-28(36)15-6-2-5-11-21-9-3-1-4-10-21/h1,3-4,7,9-10,12-13,16-17,19-20,27H,2,5-6,8,11,14-15,18H2,(H,33,36)(H,34,37)/t27-/m0/s1. The molecule has 1 aliphatic rings. The number of hydrogen-bond acceptors (Lipinski definition) is 3. The van der Waals surface area contributed by atoms with E-state index in [-0.39, 0.29) is 17.7 Å². The number of anilines is 2. The van der Waals surface area contributed by atoms with Crippen molar-refractivity contribution in [3.63, 3.8) is 0 Å². The Hall–Kier alpha value is -3.35. The average molecular weight is 553 g/mol. The molecule has 3 aromatic carbocycles. The first-order chi connectivity index (χ1) is 18.4. The van der Waals surface area contributed by atoms with Gasteiger partial charge in [0.2, 0.25) is 11.8 Å². The molecule has 38 heavy (non-hydrogen) atoms. The molecule has 6 nitrogen and oxygen atoms in total. The molecule has 3 aromatic rings. The zero-order valence-corrected chi connectivity index (χ0v) is 22.6. The van der Waals surface area contributed by atoms with Gasteiger partial charge in [-0.15, -0.1) is 0 Å². The number of nitrogens with one attached hydrogen (secondary N) is 2. The Bertz CT molecular complexity index is 1280. The Morgan fingerprint density at radius 2 is 1.61 bits per heavy atom. The topological polar surface area (TPSA) is 78.5 Å². The maximum absolute atomic E-state index is 13.3. The van der Waals surface area contributed by atoms with Crippen molar-refractivity contribution in [3.8, 4) is 0 Å². The van der Waals surface area contributed by atoms with Crippen LogP contribution >= 0.6 is 23.2 Å². The summed E-state index contributed by atoms with van der Waals surface area (Å²) in [6.07, 6.45) is 5.55. The van der Waals surface area contributed by atoms with Crippen molar-refractivity contribution in [2.24, 2.45) is 0 Å². The maximum atomic E-state index is 13.3. The van der Waals surface area contributed by atoms with E-state index < -0.39 is 6.04 Å². The molecule has 0 aliphatic carbocycles. The third-order valence-corrected chi connectivity index (χ3v) is 7.35. The zero-order chi connectivity index (χ0) is 26.9. The van der Waals surface area contributed by atoms with Crippen LogP contribution in [0.5, 0.6) is 0 Å². The SMILES string of the molecule is O=C(CCCCCc1ccccc1)Nc1cccc(C(=O)N2CCC[C@H]2C(=O)Nc2ccc(Cl)c(Cl)c2)c1. The Kier molecular flexibility index (Phi) is 9.79. The van der Waals surface area contributed by atoms with Crippen molar-refractivity contribution in [2.45, 2.75) is 51.0 Å². The molecule has 3 amide bonds. The van der Waals surface area contributed by atoms with Crippen molar-refractivity contribution < 1.29 is 14.4 Å². The molecule has 1 atom stereocenters. The van der Waals surface area contributed by atoms with E-state index in [9.17, 15) is 14.4 Å². The van der Waals surface area contributed by atoms with Gasteiger partial charge < -0.3 is 15.5 Å². The summed E-state index contributed by atoms with van der Waals surface area (Å²) in [4.78, 5) is 40.3. The molecule has 198 valence electrons. The largest absolute Gasteiger partial charge is 0.327 e. The van der Waals surface area contributed by atoms with E-state index in [4.69, 9.17) is 23.2 Å². The highest BCUT2D eigenvalue weighted by Crippen LogP contribution is 2.27. The maximum Gasteiger partial charge on any atom is 0.254 e. The Morgan fingerprint density at radius 1 is 0.816 bits per heavy atom. The summed E-state index contributed by atoms with van der Waals surface area (Å²) >= 11 is 12.0. The second-order valence-corrected chi connectivity index (χ2v) is 10.3. The van der Waals surface area contributed by atoms with Crippen LogP contribution in [0.25, 0.3) is 0 Å². The highest BCUT2D eigenvalue weighted by Gasteiger charge is 2.34.